The Kier molecular flexibility index (Phi) is 4.80. The number of anilines is 2. The van der Waals surface area contributed by atoms with Crippen molar-refractivity contribution in [1.29, 1.82) is 0 Å². The number of nitrogens with one attached hydrogen (secondary N) is 1. The topological polar surface area (TPSA) is 67.2 Å². The van der Waals surface area contributed by atoms with Gasteiger partial charge < -0.3 is 10.4 Å². The third-order valence-electron chi connectivity index (χ3n) is 4.39. The maximum atomic E-state index is 11.5. The molecule has 1 heterocycles. The molecule has 1 aromatic heterocycles. The normalized spacial score (nSPS) is 11.0. The number of carboxylic acid groups (broad SMARTS) is 1. The number of hydrogen-bond acceptors (Lipinski definition) is 3. The van der Waals surface area contributed by atoms with Gasteiger partial charge in [-0.3, -0.25) is 0 Å². The second-order valence-corrected chi connectivity index (χ2v) is 6.74. The van der Waals surface area contributed by atoms with E-state index in [1.165, 1.54) is 0 Å². The van der Waals surface area contributed by atoms with Crippen molar-refractivity contribution in [1.82, 2.24) is 9.78 Å². The fourth-order valence-corrected chi connectivity index (χ4v) is 3.00. The zero-order valence-electron chi connectivity index (χ0n) is 15.4. The zero-order valence-corrected chi connectivity index (χ0v) is 15.4. The first-order valence-electron chi connectivity index (χ1n) is 8.64. The molecule has 0 atom stereocenters. The van der Waals surface area contributed by atoms with Gasteiger partial charge in [0, 0.05) is 6.07 Å². The molecule has 0 radical (unpaired) electrons. The summed E-state index contributed by atoms with van der Waals surface area (Å²) in [5, 5.41) is 17.5. The van der Waals surface area contributed by atoms with Crippen LogP contribution in [0.2, 0.25) is 0 Å². The summed E-state index contributed by atoms with van der Waals surface area (Å²) in [6.45, 7) is 8.28. The van der Waals surface area contributed by atoms with Crippen LogP contribution in [0.15, 0.2) is 48.5 Å². The van der Waals surface area contributed by atoms with Crippen molar-refractivity contribution in [2.45, 2.75) is 33.6 Å². The third kappa shape index (κ3) is 3.33. The number of carboxylic acids is 1. The predicted octanol–water partition coefficient (Wildman–Crippen LogP) is 5.05. The van der Waals surface area contributed by atoms with Gasteiger partial charge in [0.05, 0.1) is 22.6 Å². The number of nitrogens with zero attached hydrogens (tertiary/aromatic N) is 2. The summed E-state index contributed by atoms with van der Waals surface area (Å²) < 4.78 is 1.87. The lowest BCUT2D eigenvalue weighted by Crippen LogP contribution is -2.08. The van der Waals surface area contributed by atoms with Gasteiger partial charge in [0.2, 0.25) is 0 Å². The van der Waals surface area contributed by atoms with E-state index < -0.39 is 5.97 Å². The van der Waals surface area contributed by atoms with Crippen LogP contribution in [0, 0.1) is 13.8 Å². The van der Waals surface area contributed by atoms with Crippen LogP contribution < -0.4 is 5.32 Å². The average Bonchev–Trinajstić information content (AvgIpc) is 2.99. The molecule has 5 heteroatoms. The molecule has 0 aliphatic heterocycles. The van der Waals surface area contributed by atoms with Crippen LogP contribution in [0.5, 0.6) is 0 Å². The van der Waals surface area contributed by atoms with E-state index in [2.05, 4.69) is 19.2 Å². The number of rotatable bonds is 5. The monoisotopic (exact) mass is 349 g/mol. The summed E-state index contributed by atoms with van der Waals surface area (Å²) in [5.41, 5.74) is 4.95. The van der Waals surface area contributed by atoms with Gasteiger partial charge in [-0.15, -0.1) is 0 Å². The minimum atomic E-state index is -0.963. The number of hydrogen-bond donors (Lipinski definition) is 2. The van der Waals surface area contributed by atoms with E-state index in [0.717, 1.165) is 28.3 Å². The first kappa shape index (κ1) is 17.7. The van der Waals surface area contributed by atoms with Gasteiger partial charge in [-0.1, -0.05) is 44.2 Å². The van der Waals surface area contributed by atoms with E-state index >= 15 is 0 Å². The number of carbonyl (C=O) groups is 1. The molecule has 0 bridgehead atoms. The van der Waals surface area contributed by atoms with Crippen LogP contribution in [0.1, 0.15) is 46.9 Å². The molecule has 0 aliphatic carbocycles. The Morgan fingerprint density at radius 1 is 1.08 bits per heavy atom. The summed E-state index contributed by atoms with van der Waals surface area (Å²) in [6, 6.07) is 15.0. The van der Waals surface area contributed by atoms with Crippen LogP contribution in [-0.4, -0.2) is 20.9 Å². The molecule has 0 spiro atoms. The van der Waals surface area contributed by atoms with E-state index in [1.54, 1.807) is 18.2 Å². The van der Waals surface area contributed by atoms with Crippen molar-refractivity contribution in [3.8, 4) is 5.69 Å². The molecule has 0 amide bonds. The van der Waals surface area contributed by atoms with Crippen molar-refractivity contribution >= 4 is 17.5 Å². The van der Waals surface area contributed by atoms with Crippen LogP contribution in [-0.2, 0) is 0 Å². The Balaban J connectivity index is 2.15. The molecule has 3 aromatic rings. The molecule has 0 unspecified atom stereocenters. The van der Waals surface area contributed by atoms with Gasteiger partial charge >= 0.3 is 5.97 Å². The summed E-state index contributed by atoms with van der Waals surface area (Å²) in [5.74, 6) is 0.0472. The van der Waals surface area contributed by atoms with Crippen molar-refractivity contribution in [2.75, 3.05) is 5.32 Å². The molecule has 2 N–H and O–H groups in total. The van der Waals surface area contributed by atoms with Gasteiger partial charge in [0.25, 0.3) is 0 Å². The number of aromatic nitrogens is 2. The van der Waals surface area contributed by atoms with Gasteiger partial charge in [0.1, 0.15) is 5.82 Å². The SMILES string of the molecule is Cc1cccc(C)c1-n1nc(C(C)C)cc1Nc1ccccc1C(=O)O. The molecule has 0 aliphatic rings. The first-order valence-corrected chi connectivity index (χ1v) is 8.64. The largest absolute Gasteiger partial charge is 0.478 e. The second kappa shape index (κ2) is 7.04. The van der Waals surface area contributed by atoms with Gasteiger partial charge in [-0.2, -0.15) is 5.10 Å². The molecule has 0 fully saturated rings. The highest BCUT2D eigenvalue weighted by molar-refractivity contribution is 5.95. The van der Waals surface area contributed by atoms with Crippen LogP contribution in [0.4, 0.5) is 11.5 Å². The van der Waals surface area contributed by atoms with E-state index in [1.807, 2.05) is 48.9 Å². The Hall–Kier alpha value is -3.08. The Labute approximate surface area is 153 Å². The van der Waals surface area contributed by atoms with Gasteiger partial charge in [0.15, 0.2) is 0 Å². The minimum Gasteiger partial charge on any atom is -0.478 e. The highest BCUT2D eigenvalue weighted by atomic mass is 16.4. The molecule has 3 rings (SSSR count). The van der Waals surface area contributed by atoms with Gasteiger partial charge in [-0.25, -0.2) is 9.48 Å². The predicted molar refractivity (Wildman–Crippen MR) is 104 cm³/mol. The number of benzene rings is 2. The Morgan fingerprint density at radius 3 is 2.35 bits per heavy atom. The lowest BCUT2D eigenvalue weighted by Gasteiger charge is -2.15. The van der Waals surface area contributed by atoms with Gasteiger partial charge in [-0.05, 0) is 43.0 Å². The lowest BCUT2D eigenvalue weighted by atomic mass is 10.1. The Morgan fingerprint density at radius 2 is 1.73 bits per heavy atom. The van der Waals surface area contributed by atoms with Crippen LogP contribution in [0.25, 0.3) is 5.69 Å². The molecule has 2 aromatic carbocycles. The maximum Gasteiger partial charge on any atom is 0.337 e. The molecule has 0 saturated carbocycles. The average molecular weight is 349 g/mol. The summed E-state index contributed by atoms with van der Waals surface area (Å²) in [7, 11) is 0. The van der Waals surface area contributed by atoms with Crippen molar-refractivity contribution < 1.29 is 9.90 Å². The van der Waals surface area contributed by atoms with E-state index in [9.17, 15) is 9.90 Å². The highest BCUT2D eigenvalue weighted by Gasteiger charge is 2.17. The molecular weight excluding hydrogens is 326 g/mol. The lowest BCUT2D eigenvalue weighted by molar-refractivity contribution is 0.0698. The van der Waals surface area contributed by atoms with E-state index in [-0.39, 0.29) is 11.5 Å². The smallest absolute Gasteiger partial charge is 0.337 e. The summed E-state index contributed by atoms with van der Waals surface area (Å²) in [6.07, 6.45) is 0. The fraction of sp³-hybridized carbons (Fsp3) is 0.238. The molecule has 26 heavy (non-hydrogen) atoms. The Bertz CT molecular complexity index is 937. The molecule has 5 nitrogen and oxygen atoms in total. The standard InChI is InChI=1S/C21H23N3O2/c1-13(2)18-12-19(22-17-11-6-5-10-16(17)21(25)26)24(23-18)20-14(3)8-7-9-15(20)4/h5-13,22H,1-4H3,(H,25,26). The number of para-hydroxylation sites is 2. The van der Waals surface area contributed by atoms with E-state index in [0.29, 0.717) is 5.69 Å². The molecule has 0 saturated heterocycles. The number of aryl methyl sites for hydroxylation is 2. The van der Waals surface area contributed by atoms with Crippen LogP contribution in [0.3, 0.4) is 0 Å². The molecular formula is C21H23N3O2. The minimum absolute atomic E-state index is 0.229. The fourth-order valence-electron chi connectivity index (χ4n) is 3.00. The maximum absolute atomic E-state index is 11.5. The van der Waals surface area contributed by atoms with Crippen molar-refractivity contribution in [3.63, 3.8) is 0 Å². The van der Waals surface area contributed by atoms with E-state index in [4.69, 9.17) is 5.10 Å². The third-order valence-corrected chi connectivity index (χ3v) is 4.39. The highest BCUT2D eigenvalue weighted by Crippen LogP contribution is 2.29. The second-order valence-electron chi connectivity index (χ2n) is 6.74. The van der Waals surface area contributed by atoms with Crippen molar-refractivity contribution in [3.05, 3.63) is 70.9 Å². The summed E-state index contributed by atoms with van der Waals surface area (Å²) >= 11 is 0. The van der Waals surface area contributed by atoms with Crippen molar-refractivity contribution in [2.24, 2.45) is 0 Å². The number of aromatic carboxylic acids is 1. The zero-order chi connectivity index (χ0) is 18.8. The quantitative estimate of drug-likeness (QED) is 0.676. The summed E-state index contributed by atoms with van der Waals surface area (Å²) in [4.78, 5) is 11.5. The molecule has 134 valence electrons. The first-order chi connectivity index (χ1) is 12.4. The van der Waals surface area contributed by atoms with Crippen LogP contribution >= 0.6 is 0 Å².